The van der Waals surface area contributed by atoms with Crippen molar-refractivity contribution in [3.63, 3.8) is 0 Å². The van der Waals surface area contributed by atoms with E-state index in [4.69, 9.17) is 5.41 Å². The lowest BCUT2D eigenvalue weighted by atomic mass is 9.94. The molecule has 0 aliphatic carbocycles. The number of hydrogen-bond donors (Lipinski definition) is 4. The summed E-state index contributed by atoms with van der Waals surface area (Å²) in [6.45, 7) is 3.99. The second-order valence-corrected chi connectivity index (χ2v) is 6.29. The first-order valence-electron chi connectivity index (χ1n) is 8.99. The topological polar surface area (TPSA) is 105 Å². The van der Waals surface area contributed by atoms with E-state index < -0.39 is 5.56 Å². The van der Waals surface area contributed by atoms with E-state index in [2.05, 4.69) is 21.7 Å². The number of anilines is 2. The maximum atomic E-state index is 13.1. The molecule has 27 heavy (non-hydrogen) atoms. The van der Waals surface area contributed by atoms with Crippen molar-refractivity contribution in [1.29, 1.82) is 10.7 Å². The third-order valence-corrected chi connectivity index (χ3v) is 4.36. The number of nitrogens with one attached hydrogen (secondary N) is 4. The Balaban J connectivity index is 2.31. The minimum atomic E-state index is -0.417. The normalized spacial score (nSPS) is 12.7. The summed E-state index contributed by atoms with van der Waals surface area (Å²) in [6, 6.07) is 9.43. The molecule has 1 heterocycles. The van der Waals surface area contributed by atoms with Gasteiger partial charge in [-0.2, -0.15) is 5.26 Å². The molecule has 2 aromatic rings. The fraction of sp³-hybridized carbons (Fsp3) is 0.350. The van der Waals surface area contributed by atoms with Crippen LogP contribution in [0.4, 0.5) is 15.8 Å². The lowest BCUT2D eigenvalue weighted by Gasteiger charge is -2.24. The van der Waals surface area contributed by atoms with Crippen LogP contribution in [0.15, 0.2) is 41.3 Å². The van der Waals surface area contributed by atoms with E-state index in [-0.39, 0.29) is 29.2 Å². The molecule has 0 saturated heterocycles. The van der Waals surface area contributed by atoms with Crippen LogP contribution in [-0.2, 0) is 0 Å². The van der Waals surface area contributed by atoms with Gasteiger partial charge in [-0.15, -0.1) is 0 Å². The fourth-order valence-corrected chi connectivity index (χ4v) is 2.94. The molecule has 0 fully saturated rings. The molecule has 2 atom stereocenters. The molecule has 0 bridgehead atoms. The lowest BCUT2D eigenvalue weighted by molar-refractivity contribution is 0.493. The van der Waals surface area contributed by atoms with Crippen LogP contribution in [-0.4, -0.2) is 16.9 Å². The van der Waals surface area contributed by atoms with Crippen molar-refractivity contribution in [2.45, 2.75) is 39.2 Å². The Labute approximate surface area is 157 Å². The SMILES string of the molecule is CCCC(Nc1cc[nH]c(=O)c1C(=N)Nc1ccc(F)cc1)[C@H](C#N)CC. The highest BCUT2D eigenvalue weighted by Crippen LogP contribution is 2.21. The highest BCUT2D eigenvalue weighted by atomic mass is 19.1. The predicted molar refractivity (Wildman–Crippen MR) is 106 cm³/mol. The van der Waals surface area contributed by atoms with Gasteiger partial charge < -0.3 is 15.6 Å². The van der Waals surface area contributed by atoms with Gasteiger partial charge in [-0.25, -0.2) is 4.39 Å². The van der Waals surface area contributed by atoms with Crippen LogP contribution < -0.4 is 16.2 Å². The van der Waals surface area contributed by atoms with Crippen LogP contribution in [0, 0.1) is 28.5 Å². The minimum Gasteiger partial charge on any atom is -0.380 e. The Morgan fingerprint density at radius 2 is 2.00 bits per heavy atom. The number of nitriles is 1. The zero-order valence-corrected chi connectivity index (χ0v) is 15.5. The van der Waals surface area contributed by atoms with Crippen molar-refractivity contribution >= 4 is 17.2 Å². The predicted octanol–water partition coefficient (Wildman–Crippen LogP) is 4.08. The number of amidine groups is 1. The third-order valence-electron chi connectivity index (χ3n) is 4.36. The molecular weight excluding hydrogens is 345 g/mol. The molecule has 4 N–H and O–H groups in total. The molecule has 1 aromatic carbocycles. The number of nitrogens with zero attached hydrogens (tertiary/aromatic N) is 1. The molecule has 142 valence electrons. The van der Waals surface area contributed by atoms with E-state index in [1.165, 1.54) is 30.5 Å². The van der Waals surface area contributed by atoms with E-state index in [0.717, 1.165) is 12.8 Å². The number of aromatic amines is 1. The van der Waals surface area contributed by atoms with Gasteiger partial charge in [0.1, 0.15) is 17.2 Å². The largest absolute Gasteiger partial charge is 0.380 e. The maximum Gasteiger partial charge on any atom is 0.261 e. The summed E-state index contributed by atoms with van der Waals surface area (Å²) in [7, 11) is 0. The van der Waals surface area contributed by atoms with Crippen LogP contribution in [0.2, 0.25) is 0 Å². The number of hydrogen-bond acceptors (Lipinski definition) is 4. The van der Waals surface area contributed by atoms with Gasteiger partial charge in [-0.3, -0.25) is 10.2 Å². The second kappa shape index (κ2) is 9.53. The van der Waals surface area contributed by atoms with Crippen molar-refractivity contribution < 1.29 is 4.39 Å². The Morgan fingerprint density at radius 3 is 2.59 bits per heavy atom. The molecule has 0 spiro atoms. The summed E-state index contributed by atoms with van der Waals surface area (Å²) >= 11 is 0. The molecule has 0 aliphatic rings. The third kappa shape index (κ3) is 5.17. The van der Waals surface area contributed by atoms with Gasteiger partial charge >= 0.3 is 0 Å². The Morgan fingerprint density at radius 1 is 1.30 bits per heavy atom. The standard InChI is InChI=1S/C20H24FN5O/c1-3-5-16(13(4-2)12-22)26-17-10-11-24-20(27)18(17)19(23)25-15-8-6-14(21)7-9-15/h6-11,13,16H,3-5H2,1-2H3,(H2,23,25)(H2,24,26,27)/t13-,16?/m0/s1. The van der Waals surface area contributed by atoms with E-state index >= 15 is 0 Å². The van der Waals surface area contributed by atoms with Gasteiger partial charge in [0.25, 0.3) is 5.56 Å². The lowest BCUT2D eigenvalue weighted by Crippen LogP contribution is -2.32. The van der Waals surface area contributed by atoms with Crippen molar-refractivity contribution in [1.82, 2.24) is 4.98 Å². The number of benzene rings is 1. The van der Waals surface area contributed by atoms with Crippen molar-refractivity contribution in [2.24, 2.45) is 5.92 Å². The molecule has 0 saturated carbocycles. The van der Waals surface area contributed by atoms with Gasteiger partial charge in [0.2, 0.25) is 0 Å². The highest BCUT2D eigenvalue weighted by Gasteiger charge is 2.22. The van der Waals surface area contributed by atoms with Crippen LogP contribution in [0.3, 0.4) is 0 Å². The van der Waals surface area contributed by atoms with Crippen LogP contribution in [0.25, 0.3) is 0 Å². The highest BCUT2D eigenvalue weighted by molar-refractivity contribution is 6.09. The number of pyridine rings is 1. The first-order chi connectivity index (χ1) is 13.0. The molecule has 2 rings (SSSR count). The van der Waals surface area contributed by atoms with Gasteiger partial charge in [-0.1, -0.05) is 20.3 Å². The number of aromatic nitrogens is 1. The average molecular weight is 369 g/mol. The zero-order valence-electron chi connectivity index (χ0n) is 15.5. The maximum absolute atomic E-state index is 13.1. The van der Waals surface area contributed by atoms with E-state index in [0.29, 0.717) is 17.8 Å². The second-order valence-electron chi connectivity index (χ2n) is 6.29. The van der Waals surface area contributed by atoms with E-state index in [9.17, 15) is 14.4 Å². The van der Waals surface area contributed by atoms with E-state index in [1.54, 1.807) is 6.07 Å². The average Bonchev–Trinajstić information content (AvgIpc) is 2.65. The van der Waals surface area contributed by atoms with Crippen LogP contribution >= 0.6 is 0 Å². The van der Waals surface area contributed by atoms with Crippen molar-refractivity contribution in [3.8, 4) is 6.07 Å². The van der Waals surface area contributed by atoms with Crippen LogP contribution in [0.5, 0.6) is 0 Å². The molecule has 0 amide bonds. The molecule has 1 unspecified atom stereocenters. The summed E-state index contributed by atoms with van der Waals surface area (Å²) in [5.41, 5.74) is 0.727. The van der Waals surface area contributed by atoms with Crippen molar-refractivity contribution in [2.75, 3.05) is 10.6 Å². The molecule has 7 heteroatoms. The molecule has 6 nitrogen and oxygen atoms in total. The van der Waals surface area contributed by atoms with Crippen LogP contribution in [0.1, 0.15) is 38.7 Å². The zero-order chi connectivity index (χ0) is 19.8. The van der Waals surface area contributed by atoms with Gasteiger partial charge in [-0.05, 0) is 43.2 Å². The van der Waals surface area contributed by atoms with Gasteiger partial charge in [0, 0.05) is 17.9 Å². The number of rotatable bonds is 8. The summed E-state index contributed by atoms with van der Waals surface area (Å²) < 4.78 is 13.1. The summed E-state index contributed by atoms with van der Waals surface area (Å²) in [5, 5.41) is 23.8. The van der Waals surface area contributed by atoms with E-state index in [1.807, 2.05) is 13.8 Å². The molecule has 1 aromatic heterocycles. The molecule has 0 radical (unpaired) electrons. The fourth-order valence-electron chi connectivity index (χ4n) is 2.94. The van der Waals surface area contributed by atoms with Gasteiger partial charge in [0.15, 0.2) is 0 Å². The number of H-pyrrole nitrogens is 1. The monoisotopic (exact) mass is 369 g/mol. The Kier molecular flexibility index (Phi) is 7.12. The first-order valence-corrected chi connectivity index (χ1v) is 8.99. The van der Waals surface area contributed by atoms with Gasteiger partial charge in [0.05, 0.1) is 17.7 Å². The number of halogens is 1. The van der Waals surface area contributed by atoms with Crippen molar-refractivity contribution in [3.05, 3.63) is 58.3 Å². The first kappa shape index (κ1) is 20.2. The smallest absolute Gasteiger partial charge is 0.261 e. The molecular formula is C20H24FN5O. The summed E-state index contributed by atoms with van der Waals surface area (Å²) in [5.74, 6) is -0.681. The summed E-state index contributed by atoms with van der Waals surface area (Å²) in [6.07, 6.45) is 3.87. The molecule has 0 aliphatic heterocycles. The quantitative estimate of drug-likeness (QED) is 0.416. The summed E-state index contributed by atoms with van der Waals surface area (Å²) in [4.78, 5) is 14.9. The minimum absolute atomic E-state index is 0.105. The Hall–Kier alpha value is -3.14. The Bertz CT molecular complexity index is 869.